The maximum atomic E-state index is 12.3. The van der Waals surface area contributed by atoms with Crippen LogP contribution in [0, 0.1) is 5.92 Å². The van der Waals surface area contributed by atoms with Crippen molar-refractivity contribution < 1.29 is 4.79 Å². The van der Waals surface area contributed by atoms with Gasteiger partial charge in [0.15, 0.2) is 0 Å². The molecule has 4 heteroatoms. The summed E-state index contributed by atoms with van der Waals surface area (Å²) in [6.45, 7) is 3.44. The Bertz CT molecular complexity index is 577. The van der Waals surface area contributed by atoms with Crippen molar-refractivity contribution in [1.29, 1.82) is 0 Å². The number of aromatic nitrogens is 1. The van der Waals surface area contributed by atoms with Gasteiger partial charge in [0.2, 0.25) is 0 Å². The monoisotopic (exact) mass is 271 g/mol. The third-order valence-electron chi connectivity index (χ3n) is 3.58. The Balaban J connectivity index is 2.11. The summed E-state index contributed by atoms with van der Waals surface area (Å²) in [5, 5.41) is 3.97. The molecule has 1 unspecified atom stereocenters. The number of hydrogen-bond donors (Lipinski definition) is 2. The van der Waals surface area contributed by atoms with Crippen molar-refractivity contribution in [1.82, 2.24) is 10.3 Å². The third-order valence-corrected chi connectivity index (χ3v) is 3.58. The highest BCUT2D eigenvalue weighted by Gasteiger charge is 2.12. The highest BCUT2D eigenvalue weighted by atomic mass is 16.1. The van der Waals surface area contributed by atoms with E-state index in [-0.39, 0.29) is 5.91 Å². The molecular weight excluding hydrogens is 250 g/mol. The van der Waals surface area contributed by atoms with E-state index in [2.05, 4.69) is 17.2 Å². The Morgan fingerprint density at radius 3 is 2.90 bits per heavy atom. The van der Waals surface area contributed by atoms with Gasteiger partial charge in [0.05, 0.1) is 11.1 Å². The highest BCUT2D eigenvalue weighted by molar-refractivity contribution is 6.05. The van der Waals surface area contributed by atoms with E-state index in [1.54, 1.807) is 6.20 Å². The number of rotatable bonds is 6. The van der Waals surface area contributed by atoms with E-state index in [0.29, 0.717) is 24.6 Å². The van der Waals surface area contributed by atoms with Crippen molar-refractivity contribution in [3.8, 4) is 0 Å². The average Bonchev–Trinajstić information content (AvgIpc) is 2.50. The van der Waals surface area contributed by atoms with E-state index in [9.17, 15) is 4.79 Å². The van der Waals surface area contributed by atoms with Crippen LogP contribution in [-0.2, 0) is 0 Å². The van der Waals surface area contributed by atoms with Gasteiger partial charge in [-0.3, -0.25) is 9.78 Å². The van der Waals surface area contributed by atoms with Crippen molar-refractivity contribution >= 4 is 16.8 Å². The molecule has 3 N–H and O–H groups in total. The van der Waals surface area contributed by atoms with Crippen molar-refractivity contribution in [3.63, 3.8) is 0 Å². The van der Waals surface area contributed by atoms with E-state index in [1.165, 1.54) is 0 Å². The van der Waals surface area contributed by atoms with E-state index < -0.39 is 0 Å². The Hall–Kier alpha value is -1.94. The molecule has 106 valence electrons. The Morgan fingerprint density at radius 1 is 1.35 bits per heavy atom. The first-order chi connectivity index (χ1) is 9.76. The molecule has 1 aromatic heterocycles. The van der Waals surface area contributed by atoms with Gasteiger partial charge >= 0.3 is 0 Å². The summed E-state index contributed by atoms with van der Waals surface area (Å²) in [5.74, 6) is 0.372. The number of fused-ring (bicyclic) bond motifs is 1. The molecule has 2 rings (SSSR count). The lowest BCUT2D eigenvalue weighted by Gasteiger charge is -2.15. The first-order valence-electron chi connectivity index (χ1n) is 7.08. The standard InChI is InChI=1S/C16H21N3O/c1-2-12(8-9-17)11-19-16(20)14-7-3-5-13-6-4-10-18-15(13)14/h3-7,10,12H,2,8-9,11,17H2,1H3,(H,19,20). The van der Waals surface area contributed by atoms with Crippen LogP contribution in [0.15, 0.2) is 36.5 Å². The van der Waals surface area contributed by atoms with E-state index in [4.69, 9.17) is 5.73 Å². The Kier molecular flexibility index (Phi) is 5.07. The zero-order valence-electron chi connectivity index (χ0n) is 11.8. The number of nitrogens with two attached hydrogens (primary N) is 1. The third kappa shape index (κ3) is 3.33. The molecule has 20 heavy (non-hydrogen) atoms. The summed E-state index contributed by atoms with van der Waals surface area (Å²) in [4.78, 5) is 16.6. The predicted molar refractivity (Wildman–Crippen MR) is 81.5 cm³/mol. The van der Waals surface area contributed by atoms with Crippen molar-refractivity contribution in [3.05, 3.63) is 42.1 Å². The quantitative estimate of drug-likeness (QED) is 0.847. The summed E-state index contributed by atoms with van der Waals surface area (Å²) >= 11 is 0. The summed E-state index contributed by atoms with van der Waals surface area (Å²) < 4.78 is 0. The summed E-state index contributed by atoms with van der Waals surface area (Å²) in [5.41, 5.74) is 6.95. The number of para-hydroxylation sites is 1. The molecule has 4 nitrogen and oxygen atoms in total. The van der Waals surface area contributed by atoms with Gasteiger partial charge in [0.1, 0.15) is 0 Å². The number of benzene rings is 1. The minimum absolute atomic E-state index is 0.0650. The van der Waals surface area contributed by atoms with Gasteiger partial charge in [0, 0.05) is 18.1 Å². The molecule has 1 atom stereocenters. The van der Waals surface area contributed by atoms with Crippen LogP contribution in [0.2, 0.25) is 0 Å². The number of nitrogens with one attached hydrogen (secondary N) is 1. The van der Waals surface area contributed by atoms with Gasteiger partial charge in [0.25, 0.3) is 5.91 Å². The zero-order valence-corrected chi connectivity index (χ0v) is 11.8. The molecule has 0 saturated heterocycles. The van der Waals surface area contributed by atoms with Crippen LogP contribution < -0.4 is 11.1 Å². The van der Waals surface area contributed by atoms with Gasteiger partial charge in [-0.05, 0) is 31.0 Å². The predicted octanol–water partition coefficient (Wildman–Crippen LogP) is 2.34. The van der Waals surface area contributed by atoms with Crippen LogP contribution in [-0.4, -0.2) is 24.0 Å². The molecule has 0 bridgehead atoms. The van der Waals surface area contributed by atoms with Gasteiger partial charge in [-0.25, -0.2) is 0 Å². The van der Waals surface area contributed by atoms with Crippen LogP contribution in [0.25, 0.3) is 10.9 Å². The second-order valence-electron chi connectivity index (χ2n) is 4.94. The molecule has 0 saturated carbocycles. The Labute approximate surface area is 119 Å². The van der Waals surface area contributed by atoms with E-state index >= 15 is 0 Å². The van der Waals surface area contributed by atoms with Crippen LogP contribution in [0.4, 0.5) is 0 Å². The molecule has 0 spiro atoms. The van der Waals surface area contributed by atoms with Crippen molar-refractivity contribution in [2.45, 2.75) is 19.8 Å². The number of pyridine rings is 1. The van der Waals surface area contributed by atoms with Crippen molar-refractivity contribution in [2.24, 2.45) is 11.7 Å². The molecule has 1 aromatic carbocycles. The number of nitrogens with zero attached hydrogens (tertiary/aromatic N) is 1. The minimum Gasteiger partial charge on any atom is -0.352 e. The SMILES string of the molecule is CCC(CCN)CNC(=O)c1cccc2cccnc12. The number of carbonyl (C=O) groups excluding carboxylic acids is 1. The molecule has 0 radical (unpaired) electrons. The van der Waals surface area contributed by atoms with Gasteiger partial charge in [-0.15, -0.1) is 0 Å². The molecule has 2 aromatic rings. The largest absolute Gasteiger partial charge is 0.352 e. The highest BCUT2D eigenvalue weighted by Crippen LogP contribution is 2.16. The summed E-state index contributed by atoms with van der Waals surface area (Å²) in [7, 11) is 0. The molecular formula is C16H21N3O. The van der Waals surface area contributed by atoms with E-state index in [1.807, 2.05) is 30.3 Å². The second-order valence-corrected chi connectivity index (χ2v) is 4.94. The molecule has 0 aliphatic heterocycles. The molecule has 1 amide bonds. The van der Waals surface area contributed by atoms with E-state index in [0.717, 1.165) is 23.7 Å². The molecule has 0 aliphatic carbocycles. The number of carbonyl (C=O) groups is 1. The lowest BCUT2D eigenvalue weighted by Crippen LogP contribution is -2.30. The minimum atomic E-state index is -0.0650. The van der Waals surface area contributed by atoms with Crippen LogP contribution in [0.3, 0.4) is 0 Å². The second kappa shape index (κ2) is 7.01. The van der Waals surface area contributed by atoms with Crippen molar-refractivity contribution in [2.75, 3.05) is 13.1 Å². The molecule has 0 aliphatic rings. The fourth-order valence-corrected chi connectivity index (χ4v) is 2.31. The number of hydrogen-bond acceptors (Lipinski definition) is 3. The lowest BCUT2D eigenvalue weighted by atomic mass is 10.0. The van der Waals surface area contributed by atoms with Gasteiger partial charge in [-0.1, -0.05) is 31.5 Å². The molecule has 0 fully saturated rings. The van der Waals surface area contributed by atoms with Gasteiger partial charge < -0.3 is 11.1 Å². The maximum absolute atomic E-state index is 12.3. The summed E-state index contributed by atoms with van der Waals surface area (Å²) in [6.07, 6.45) is 3.66. The first-order valence-corrected chi connectivity index (χ1v) is 7.08. The normalized spacial score (nSPS) is 12.3. The van der Waals surface area contributed by atoms with Gasteiger partial charge in [-0.2, -0.15) is 0 Å². The zero-order chi connectivity index (χ0) is 14.4. The fraction of sp³-hybridized carbons (Fsp3) is 0.375. The smallest absolute Gasteiger partial charge is 0.253 e. The first kappa shape index (κ1) is 14.5. The fourth-order valence-electron chi connectivity index (χ4n) is 2.31. The topological polar surface area (TPSA) is 68.0 Å². The Morgan fingerprint density at radius 2 is 2.15 bits per heavy atom. The maximum Gasteiger partial charge on any atom is 0.253 e. The molecule has 1 heterocycles. The van der Waals surface area contributed by atoms with Crippen LogP contribution in [0.5, 0.6) is 0 Å². The lowest BCUT2D eigenvalue weighted by molar-refractivity contribution is 0.0947. The number of amides is 1. The average molecular weight is 271 g/mol. The van der Waals surface area contributed by atoms with Crippen LogP contribution in [0.1, 0.15) is 30.1 Å². The van der Waals surface area contributed by atoms with Crippen LogP contribution >= 0.6 is 0 Å². The summed E-state index contributed by atoms with van der Waals surface area (Å²) in [6, 6.07) is 9.49.